The first-order chi connectivity index (χ1) is 16.0. The number of carbonyl (C=O) groups is 1. The highest BCUT2D eigenvalue weighted by Gasteiger charge is 2.25. The lowest BCUT2D eigenvalue weighted by Crippen LogP contribution is -2.41. The summed E-state index contributed by atoms with van der Waals surface area (Å²) in [6.45, 7) is 1.97. The highest BCUT2D eigenvalue weighted by Crippen LogP contribution is 2.28. The standard InChI is InChI=1S/C27H30FN3O2/c1-30(2)23-13-11-21(12-14-23)25(31-16-15-20-7-3-4-8-22(20)18-31)17-29-27(32)19-33-26-10-6-5-9-24(26)28/h3-14,25H,15-19H2,1-2H3,(H,29,32). The Labute approximate surface area is 194 Å². The topological polar surface area (TPSA) is 44.8 Å². The molecule has 3 aromatic rings. The molecule has 0 saturated carbocycles. The first-order valence-electron chi connectivity index (χ1n) is 11.2. The van der Waals surface area contributed by atoms with Crippen molar-refractivity contribution >= 4 is 11.6 Å². The lowest BCUT2D eigenvalue weighted by atomic mass is 9.96. The molecule has 1 heterocycles. The number of nitrogens with one attached hydrogen (secondary N) is 1. The van der Waals surface area contributed by atoms with E-state index in [9.17, 15) is 9.18 Å². The van der Waals surface area contributed by atoms with Crippen LogP contribution in [0.1, 0.15) is 22.7 Å². The summed E-state index contributed by atoms with van der Waals surface area (Å²) in [7, 11) is 4.04. The number of para-hydroxylation sites is 1. The summed E-state index contributed by atoms with van der Waals surface area (Å²) >= 11 is 0. The molecule has 1 atom stereocenters. The van der Waals surface area contributed by atoms with Crippen LogP contribution in [0.3, 0.4) is 0 Å². The Kier molecular flexibility index (Phi) is 7.25. The average Bonchev–Trinajstić information content (AvgIpc) is 2.84. The second kappa shape index (κ2) is 10.5. The number of hydrogen-bond donors (Lipinski definition) is 1. The molecule has 0 saturated heterocycles. The lowest BCUT2D eigenvalue weighted by molar-refractivity contribution is -0.123. The SMILES string of the molecule is CN(C)c1ccc(C(CNC(=O)COc2ccccc2F)N2CCc3ccccc3C2)cc1. The molecule has 6 heteroatoms. The van der Waals surface area contributed by atoms with E-state index in [1.165, 1.54) is 23.3 Å². The second-order valence-corrected chi connectivity index (χ2v) is 8.51. The molecule has 172 valence electrons. The van der Waals surface area contributed by atoms with Gasteiger partial charge in [0, 0.05) is 39.4 Å². The lowest BCUT2D eigenvalue weighted by Gasteiger charge is -2.36. The van der Waals surface area contributed by atoms with Crippen molar-refractivity contribution in [3.05, 3.63) is 95.3 Å². The van der Waals surface area contributed by atoms with Crippen molar-refractivity contribution in [2.24, 2.45) is 0 Å². The van der Waals surface area contributed by atoms with E-state index >= 15 is 0 Å². The maximum absolute atomic E-state index is 13.8. The van der Waals surface area contributed by atoms with Gasteiger partial charge in [0.25, 0.3) is 5.91 Å². The van der Waals surface area contributed by atoms with Crippen molar-refractivity contribution in [1.82, 2.24) is 10.2 Å². The maximum atomic E-state index is 13.8. The zero-order valence-electron chi connectivity index (χ0n) is 19.1. The molecule has 0 bridgehead atoms. The zero-order chi connectivity index (χ0) is 23.2. The monoisotopic (exact) mass is 447 g/mol. The van der Waals surface area contributed by atoms with Crippen molar-refractivity contribution in [3.63, 3.8) is 0 Å². The zero-order valence-corrected chi connectivity index (χ0v) is 19.1. The molecule has 1 unspecified atom stereocenters. The summed E-state index contributed by atoms with van der Waals surface area (Å²) in [5.74, 6) is -0.669. The van der Waals surface area contributed by atoms with Crippen LogP contribution >= 0.6 is 0 Å². The van der Waals surface area contributed by atoms with Gasteiger partial charge in [-0.25, -0.2) is 4.39 Å². The molecule has 0 aromatic heterocycles. The van der Waals surface area contributed by atoms with Gasteiger partial charge >= 0.3 is 0 Å². The predicted octanol–water partition coefficient (Wildman–Crippen LogP) is 4.19. The number of carbonyl (C=O) groups excluding carboxylic acids is 1. The van der Waals surface area contributed by atoms with Crippen molar-refractivity contribution in [2.45, 2.75) is 19.0 Å². The van der Waals surface area contributed by atoms with Crippen LogP contribution in [0, 0.1) is 5.82 Å². The molecule has 4 rings (SSSR count). The van der Waals surface area contributed by atoms with E-state index in [1.54, 1.807) is 12.1 Å². The van der Waals surface area contributed by atoms with Crippen molar-refractivity contribution in [3.8, 4) is 5.75 Å². The molecule has 1 aliphatic heterocycles. The molecule has 33 heavy (non-hydrogen) atoms. The number of fused-ring (bicyclic) bond motifs is 1. The summed E-state index contributed by atoms with van der Waals surface area (Å²) in [4.78, 5) is 17.0. The Morgan fingerprint density at radius 2 is 1.73 bits per heavy atom. The highest BCUT2D eigenvalue weighted by molar-refractivity contribution is 5.77. The van der Waals surface area contributed by atoms with E-state index in [0.29, 0.717) is 6.54 Å². The number of hydrogen-bond acceptors (Lipinski definition) is 4. The molecule has 5 nitrogen and oxygen atoms in total. The molecule has 0 spiro atoms. The van der Waals surface area contributed by atoms with Gasteiger partial charge in [0.15, 0.2) is 18.2 Å². The quantitative estimate of drug-likeness (QED) is 0.563. The molecule has 0 aliphatic carbocycles. The Morgan fingerprint density at radius 1 is 1.03 bits per heavy atom. The van der Waals surface area contributed by atoms with Crippen molar-refractivity contribution in [1.29, 1.82) is 0 Å². The normalized spacial score (nSPS) is 14.3. The van der Waals surface area contributed by atoms with Crippen LogP contribution in [0.5, 0.6) is 5.75 Å². The smallest absolute Gasteiger partial charge is 0.258 e. The molecule has 3 aromatic carbocycles. The predicted molar refractivity (Wildman–Crippen MR) is 129 cm³/mol. The largest absolute Gasteiger partial charge is 0.481 e. The Balaban J connectivity index is 1.46. The first kappa shape index (κ1) is 22.8. The van der Waals surface area contributed by atoms with Gasteiger partial charge in [-0.3, -0.25) is 9.69 Å². The number of halogens is 1. The maximum Gasteiger partial charge on any atom is 0.258 e. The molecular formula is C27H30FN3O2. The fourth-order valence-electron chi connectivity index (χ4n) is 4.20. The van der Waals surface area contributed by atoms with E-state index in [-0.39, 0.29) is 24.3 Å². The minimum atomic E-state index is -0.476. The third-order valence-corrected chi connectivity index (χ3v) is 6.08. The van der Waals surface area contributed by atoms with E-state index < -0.39 is 5.82 Å². The van der Waals surface area contributed by atoms with Gasteiger partial charge in [-0.05, 0) is 47.4 Å². The van der Waals surface area contributed by atoms with Gasteiger partial charge in [0.2, 0.25) is 0 Å². The summed E-state index contributed by atoms with van der Waals surface area (Å²) in [6, 6.07) is 23.1. The minimum absolute atomic E-state index is 0.0204. The summed E-state index contributed by atoms with van der Waals surface area (Å²) in [5, 5.41) is 2.99. The van der Waals surface area contributed by atoms with Crippen LogP contribution in [0.25, 0.3) is 0 Å². The molecule has 0 fully saturated rings. The number of benzene rings is 3. The summed E-state index contributed by atoms with van der Waals surface area (Å²) in [5.41, 5.74) is 4.99. The third-order valence-electron chi connectivity index (χ3n) is 6.08. The summed E-state index contributed by atoms with van der Waals surface area (Å²) in [6.07, 6.45) is 0.979. The highest BCUT2D eigenvalue weighted by atomic mass is 19.1. The fraction of sp³-hybridized carbons (Fsp3) is 0.296. The van der Waals surface area contributed by atoms with Gasteiger partial charge in [0.1, 0.15) is 0 Å². The van der Waals surface area contributed by atoms with Crippen LogP contribution in [0.2, 0.25) is 0 Å². The van der Waals surface area contributed by atoms with Crippen LogP contribution in [0.15, 0.2) is 72.8 Å². The van der Waals surface area contributed by atoms with Gasteiger partial charge in [-0.2, -0.15) is 0 Å². The van der Waals surface area contributed by atoms with E-state index in [0.717, 1.165) is 30.8 Å². The number of anilines is 1. The second-order valence-electron chi connectivity index (χ2n) is 8.51. The van der Waals surface area contributed by atoms with Gasteiger partial charge in [-0.15, -0.1) is 0 Å². The Morgan fingerprint density at radius 3 is 2.45 bits per heavy atom. The Hall–Kier alpha value is -3.38. The fourth-order valence-corrected chi connectivity index (χ4v) is 4.20. The minimum Gasteiger partial charge on any atom is -0.481 e. The van der Waals surface area contributed by atoms with E-state index in [1.807, 2.05) is 14.1 Å². The molecule has 0 radical (unpaired) electrons. The van der Waals surface area contributed by atoms with Crippen LogP contribution < -0.4 is 15.0 Å². The number of ether oxygens (including phenoxy) is 1. The van der Waals surface area contributed by atoms with E-state index in [4.69, 9.17) is 4.74 Å². The summed E-state index contributed by atoms with van der Waals surface area (Å²) < 4.78 is 19.1. The number of rotatable bonds is 8. The van der Waals surface area contributed by atoms with Crippen LogP contribution in [-0.4, -0.2) is 44.6 Å². The molecule has 1 aliphatic rings. The van der Waals surface area contributed by atoms with E-state index in [2.05, 4.69) is 63.6 Å². The molecule has 1 N–H and O–H groups in total. The number of amides is 1. The van der Waals surface area contributed by atoms with Crippen LogP contribution in [0.4, 0.5) is 10.1 Å². The van der Waals surface area contributed by atoms with Gasteiger partial charge in [-0.1, -0.05) is 48.5 Å². The number of nitrogens with zero attached hydrogens (tertiary/aromatic N) is 2. The Bertz CT molecular complexity index is 1080. The first-order valence-corrected chi connectivity index (χ1v) is 11.2. The third kappa shape index (κ3) is 5.71. The van der Waals surface area contributed by atoms with Crippen molar-refractivity contribution < 1.29 is 13.9 Å². The van der Waals surface area contributed by atoms with Gasteiger partial charge < -0.3 is 15.0 Å². The van der Waals surface area contributed by atoms with Crippen LogP contribution in [-0.2, 0) is 17.8 Å². The van der Waals surface area contributed by atoms with Crippen molar-refractivity contribution in [2.75, 3.05) is 38.7 Å². The molecular weight excluding hydrogens is 417 g/mol. The average molecular weight is 448 g/mol. The van der Waals surface area contributed by atoms with Gasteiger partial charge in [0.05, 0.1) is 6.04 Å². The molecule has 1 amide bonds.